The number of rotatable bonds is 9. The molecule has 0 bridgehead atoms. The van der Waals surface area contributed by atoms with E-state index in [1.54, 1.807) is 0 Å². The zero-order valence-electron chi connectivity index (χ0n) is 16.7. The molecule has 3 aromatic carbocycles. The SMILES string of the molecule is O=C(NCc1ccc(OC(F)F)cc1)c1ccc(OS(=O)(=O)c2cccc([N+](=O)[O-])c2)cc1. The van der Waals surface area contributed by atoms with E-state index in [0.717, 1.165) is 18.2 Å². The van der Waals surface area contributed by atoms with Gasteiger partial charge in [-0.25, -0.2) is 0 Å². The summed E-state index contributed by atoms with van der Waals surface area (Å²) in [6.07, 6.45) is 0. The lowest BCUT2D eigenvalue weighted by molar-refractivity contribution is -0.385. The van der Waals surface area contributed by atoms with Crippen molar-refractivity contribution in [2.45, 2.75) is 18.1 Å². The second-order valence-electron chi connectivity index (χ2n) is 6.52. The van der Waals surface area contributed by atoms with Crippen LogP contribution in [0.1, 0.15) is 15.9 Å². The number of nitro groups is 1. The first-order valence-electron chi connectivity index (χ1n) is 9.25. The molecule has 0 unspecified atom stereocenters. The molecule has 0 spiro atoms. The number of halogens is 2. The first kappa shape index (κ1) is 23.6. The Kier molecular flexibility index (Phi) is 7.18. The molecular formula is C21H16F2N2O7S. The molecule has 3 aromatic rings. The molecule has 0 aliphatic heterocycles. The maximum Gasteiger partial charge on any atom is 0.387 e. The van der Waals surface area contributed by atoms with Crippen molar-refractivity contribution in [2.75, 3.05) is 0 Å². The van der Waals surface area contributed by atoms with Gasteiger partial charge < -0.3 is 14.2 Å². The first-order chi connectivity index (χ1) is 15.6. The van der Waals surface area contributed by atoms with Gasteiger partial charge in [-0.2, -0.15) is 17.2 Å². The zero-order chi connectivity index (χ0) is 24.0. The highest BCUT2D eigenvalue weighted by Gasteiger charge is 2.20. The summed E-state index contributed by atoms with van der Waals surface area (Å²) in [4.78, 5) is 22.0. The fraction of sp³-hybridized carbons (Fsp3) is 0.0952. The van der Waals surface area contributed by atoms with Gasteiger partial charge in [-0.1, -0.05) is 18.2 Å². The number of nitrogens with zero attached hydrogens (tertiary/aromatic N) is 1. The van der Waals surface area contributed by atoms with Gasteiger partial charge in [0, 0.05) is 24.2 Å². The second-order valence-corrected chi connectivity index (χ2v) is 8.07. The third-order valence-corrected chi connectivity index (χ3v) is 5.48. The topological polar surface area (TPSA) is 125 Å². The third-order valence-electron chi connectivity index (χ3n) is 4.24. The Hall–Kier alpha value is -4.06. The minimum Gasteiger partial charge on any atom is -0.435 e. The minimum atomic E-state index is -4.32. The largest absolute Gasteiger partial charge is 0.435 e. The summed E-state index contributed by atoms with van der Waals surface area (Å²) >= 11 is 0. The number of benzene rings is 3. The Bertz CT molecular complexity index is 1250. The van der Waals surface area contributed by atoms with E-state index in [1.165, 1.54) is 54.6 Å². The number of nitro benzene ring substituents is 1. The molecule has 1 N–H and O–H groups in total. The van der Waals surface area contributed by atoms with Gasteiger partial charge in [0.15, 0.2) is 0 Å². The molecule has 0 aromatic heterocycles. The third kappa shape index (κ3) is 6.46. The Morgan fingerprint density at radius 2 is 1.64 bits per heavy atom. The van der Waals surface area contributed by atoms with E-state index in [1.807, 2.05) is 0 Å². The number of carbonyl (C=O) groups excluding carboxylic acids is 1. The molecule has 9 nitrogen and oxygen atoms in total. The lowest BCUT2D eigenvalue weighted by Crippen LogP contribution is -2.22. The smallest absolute Gasteiger partial charge is 0.387 e. The van der Waals surface area contributed by atoms with Crippen molar-refractivity contribution >= 4 is 21.7 Å². The molecule has 1 amide bonds. The highest BCUT2D eigenvalue weighted by atomic mass is 32.2. The standard InChI is InChI=1S/C21H16F2N2O7S/c22-21(23)31-17-8-4-14(5-9-17)13-24-20(26)15-6-10-18(11-7-15)32-33(29,30)19-3-1-2-16(12-19)25(27)28/h1-12,21H,13H2,(H,24,26). The highest BCUT2D eigenvalue weighted by molar-refractivity contribution is 7.87. The lowest BCUT2D eigenvalue weighted by atomic mass is 10.2. The summed E-state index contributed by atoms with van der Waals surface area (Å²) in [5, 5.41) is 13.5. The number of amides is 1. The van der Waals surface area contributed by atoms with Crippen LogP contribution in [0.25, 0.3) is 0 Å². The summed E-state index contributed by atoms with van der Waals surface area (Å²) < 4.78 is 58.3. The quantitative estimate of drug-likeness (QED) is 0.281. The number of alkyl halides is 2. The van der Waals surface area contributed by atoms with Crippen LogP contribution in [0.4, 0.5) is 14.5 Å². The molecule has 0 saturated heterocycles. The van der Waals surface area contributed by atoms with Gasteiger partial charge in [0.05, 0.1) is 4.92 Å². The molecule has 0 fully saturated rings. The van der Waals surface area contributed by atoms with E-state index in [0.29, 0.717) is 5.56 Å². The van der Waals surface area contributed by atoms with Crippen LogP contribution in [-0.2, 0) is 16.7 Å². The highest BCUT2D eigenvalue weighted by Crippen LogP contribution is 2.22. The van der Waals surface area contributed by atoms with Crippen LogP contribution < -0.4 is 14.2 Å². The van der Waals surface area contributed by atoms with Crippen LogP contribution >= 0.6 is 0 Å². The molecule has 12 heteroatoms. The van der Waals surface area contributed by atoms with Crippen LogP contribution in [0.5, 0.6) is 11.5 Å². The van der Waals surface area contributed by atoms with Gasteiger partial charge in [0.25, 0.3) is 11.6 Å². The van der Waals surface area contributed by atoms with Crippen molar-refractivity contribution in [3.8, 4) is 11.5 Å². The van der Waals surface area contributed by atoms with E-state index >= 15 is 0 Å². The van der Waals surface area contributed by atoms with Gasteiger partial charge in [0.1, 0.15) is 16.4 Å². The minimum absolute atomic E-state index is 0.00396. The summed E-state index contributed by atoms with van der Waals surface area (Å²) in [5.41, 5.74) is 0.462. The van der Waals surface area contributed by atoms with E-state index in [-0.39, 0.29) is 28.5 Å². The van der Waals surface area contributed by atoms with Crippen molar-refractivity contribution in [1.29, 1.82) is 0 Å². The van der Waals surface area contributed by atoms with Crippen LogP contribution in [0.2, 0.25) is 0 Å². The molecule has 3 rings (SSSR count). The van der Waals surface area contributed by atoms with Crippen molar-refractivity contribution in [2.24, 2.45) is 0 Å². The Morgan fingerprint density at radius 3 is 2.24 bits per heavy atom. The molecule has 0 aliphatic carbocycles. The summed E-state index contributed by atoms with van der Waals surface area (Å²) in [7, 11) is -4.32. The summed E-state index contributed by atoms with van der Waals surface area (Å²) in [6, 6.07) is 15.4. The summed E-state index contributed by atoms with van der Waals surface area (Å²) in [5.74, 6) is -0.556. The second kappa shape index (κ2) is 10.0. The molecule has 0 aliphatic rings. The van der Waals surface area contributed by atoms with Crippen LogP contribution in [0.3, 0.4) is 0 Å². The maximum atomic E-state index is 12.4. The number of hydrogen-bond donors (Lipinski definition) is 1. The zero-order valence-corrected chi connectivity index (χ0v) is 17.5. The van der Waals surface area contributed by atoms with Crippen molar-refractivity contribution < 1.29 is 35.8 Å². The van der Waals surface area contributed by atoms with Crippen molar-refractivity contribution in [3.63, 3.8) is 0 Å². The van der Waals surface area contributed by atoms with E-state index < -0.39 is 33.2 Å². The van der Waals surface area contributed by atoms with Crippen LogP contribution in [0, 0.1) is 10.1 Å². The van der Waals surface area contributed by atoms with Crippen LogP contribution in [-0.4, -0.2) is 25.9 Å². The van der Waals surface area contributed by atoms with Crippen LogP contribution in [0.15, 0.2) is 77.7 Å². The fourth-order valence-corrected chi connectivity index (χ4v) is 3.63. The van der Waals surface area contributed by atoms with Gasteiger partial charge in [0.2, 0.25) is 0 Å². The predicted octanol–water partition coefficient (Wildman–Crippen LogP) is 3.89. The average molecular weight is 478 g/mol. The first-order valence-corrected chi connectivity index (χ1v) is 10.7. The van der Waals surface area contributed by atoms with Crippen molar-refractivity contribution in [3.05, 3.63) is 94.0 Å². The fourth-order valence-electron chi connectivity index (χ4n) is 2.66. The average Bonchev–Trinajstić information content (AvgIpc) is 2.78. The summed E-state index contributed by atoms with van der Waals surface area (Å²) in [6.45, 7) is -2.81. The molecule has 0 heterocycles. The molecule has 0 saturated carbocycles. The molecule has 0 atom stereocenters. The van der Waals surface area contributed by atoms with Gasteiger partial charge in [-0.3, -0.25) is 14.9 Å². The number of ether oxygens (including phenoxy) is 1. The van der Waals surface area contributed by atoms with E-state index in [9.17, 15) is 32.1 Å². The molecular weight excluding hydrogens is 462 g/mol. The van der Waals surface area contributed by atoms with E-state index in [2.05, 4.69) is 10.1 Å². The molecule has 0 radical (unpaired) electrons. The number of non-ortho nitro benzene ring substituents is 1. The molecule has 33 heavy (non-hydrogen) atoms. The number of nitrogens with one attached hydrogen (secondary N) is 1. The van der Waals surface area contributed by atoms with Gasteiger partial charge in [-0.05, 0) is 48.0 Å². The molecule has 172 valence electrons. The normalized spacial score (nSPS) is 11.1. The van der Waals surface area contributed by atoms with E-state index in [4.69, 9.17) is 4.18 Å². The van der Waals surface area contributed by atoms with Crippen molar-refractivity contribution in [1.82, 2.24) is 5.32 Å². The lowest BCUT2D eigenvalue weighted by Gasteiger charge is -2.09. The predicted molar refractivity (Wildman–Crippen MR) is 112 cm³/mol. The Balaban J connectivity index is 1.60. The number of hydrogen-bond acceptors (Lipinski definition) is 7. The van der Waals surface area contributed by atoms with Gasteiger partial charge in [-0.15, -0.1) is 0 Å². The monoisotopic (exact) mass is 478 g/mol. The Morgan fingerprint density at radius 1 is 1.00 bits per heavy atom. The maximum absolute atomic E-state index is 12.4. The Labute approximate surface area is 186 Å². The number of carbonyl (C=O) groups is 1. The van der Waals surface area contributed by atoms with Gasteiger partial charge >= 0.3 is 16.7 Å².